The number of carbonyl (C=O) groups excluding carboxylic acids is 1. The van der Waals surface area contributed by atoms with Crippen molar-refractivity contribution in [1.29, 1.82) is 0 Å². The van der Waals surface area contributed by atoms with Gasteiger partial charge in [0.2, 0.25) is 0 Å². The van der Waals surface area contributed by atoms with Crippen molar-refractivity contribution < 1.29 is 4.79 Å². The third-order valence-electron chi connectivity index (χ3n) is 2.07. The average Bonchev–Trinajstić information content (AvgIpc) is 2.17. The van der Waals surface area contributed by atoms with Crippen LogP contribution in [0.15, 0.2) is 18.2 Å². The second kappa shape index (κ2) is 5.85. The number of benzene rings is 1. The van der Waals surface area contributed by atoms with E-state index >= 15 is 0 Å². The predicted octanol–water partition coefficient (Wildman–Crippen LogP) is 3.82. The van der Waals surface area contributed by atoms with Crippen LogP contribution < -0.4 is 0 Å². The molecule has 0 saturated heterocycles. The summed E-state index contributed by atoms with van der Waals surface area (Å²) in [5, 5.41) is 0.737. The normalized spacial score (nSPS) is 10.2. The third-order valence-corrected chi connectivity index (χ3v) is 3.14. The highest BCUT2D eigenvalue weighted by molar-refractivity contribution is 14.1. The maximum Gasteiger partial charge on any atom is 0.163 e. The molecule has 0 unspecified atom stereocenters. The molecule has 1 aromatic carbocycles. The molecule has 0 spiro atoms. The van der Waals surface area contributed by atoms with Crippen molar-refractivity contribution in [3.05, 3.63) is 32.9 Å². The molecule has 76 valence electrons. The summed E-state index contributed by atoms with van der Waals surface area (Å²) in [5.74, 6) is 0.232. The lowest BCUT2D eigenvalue weighted by Gasteiger charge is -2.06. The van der Waals surface area contributed by atoms with E-state index < -0.39 is 0 Å². The topological polar surface area (TPSA) is 17.1 Å². The summed E-state index contributed by atoms with van der Waals surface area (Å²) in [7, 11) is 0. The van der Waals surface area contributed by atoms with E-state index in [0.717, 1.165) is 22.9 Å². The maximum atomic E-state index is 11.7. The van der Waals surface area contributed by atoms with Gasteiger partial charge in [0.25, 0.3) is 0 Å². The Hall–Kier alpha value is 0.1000. The van der Waals surface area contributed by atoms with Crippen molar-refractivity contribution in [2.75, 3.05) is 5.33 Å². The van der Waals surface area contributed by atoms with Gasteiger partial charge in [0.05, 0.1) is 0 Å². The van der Waals surface area contributed by atoms with Gasteiger partial charge in [-0.3, -0.25) is 4.79 Å². The van der Waals surface area contributed by atoms with Gasteiger partial charge in [-0.25, -0.2) is 0 Å². The molecule has 14 heavy (non-hydrogen) atoms. The summed E-state index contributed by atoms with van der Waals surface area (Å²) >= 11 is 5.56. The molecular formula is C11H12BrIO. The first kappa shape index (κ1) is 12.2. The van der Waals surface area contributed by atoms with Crippen LogP contribution in [0.25, 0.3) is 0 Å². The van der Waals surface area contributed by atoms with Crippen molar-refractivity contribution in [2.45, 2.75) is 19.8 Å². The van der Waals surface area contributed by atoms with Crippen LogP contribution >= 0.6 is 38.5 Å². The largest absolute Gasteiger partial charge is 0.294 e. The molecule has 0 atom stereocenters. The summed E-state index contributed by atoms with van der Waals surface area (Å²) in [4.78, 5) is 11.7. The number of alkyl halides is 1. The Balaban J connectivity index is 3.01. The molecule has 0 heterocycles. The van der Waals surface area contributed by atoms with Crippen LogP contribution in [0, 0.1) is 3.57 Å². The number of Topliss-reactive ketones (excluding diaryl/α,β-unsaturated/α-hetero) is 1. The molecule has 3 heteroatoms. The van der Waals surface area contributed by atoms with E-state index in [1.807, 2.05) is 12.1 Å². The van der Waals surface area contributed by atoms with Crippen molar-refractivity contribution in [2.24, 2.45) is 0 Å². The zero-order valence-corrected chi connectivity index (χ0v) is 11.8. The molecule has 1 nitrogen and oxygen atoms in total. The second-order valence-corrected chi connectivity index (χ2v) is 5.06. The molecule has 0 amide bonds. The van der Waals surface area contributed by atoms with Crippen LogP contribution in [-0.2, 0) is 6.42 Å². The van der Waals surface area contributed by atoms with Crippen molar-refractivity contribution in [3.8, 4) is 0 Å². The van der Waals surface area contributed by atoms with Crippen molar-refractivity contribution in [1.82, 2.24) is 0 Å². The van der Waals surface area contributed by atoms with Gasteiger partial charge in [0.15, 0.2) is 5.78 Å². The lowest BCUT2D eigenvalue weighted by Crippen LogP contribution is -2.04. The summed E-state index contributed by atoms with van der Waals surface area (Å²) in [5.41, 5.74) is 2.04. The minimum atomic E-state index is 0.232. The predicted molar refractivity (Wildman–Crippen MR) is 71.3 cm³/mol. The van der Waals surface area contributed by atoms with E-state index in [1.54, 1.807) is 0 Å². The SMILES string of the molecule is CCc1cc(I)ccc1C(=O)CCBr. The van der Waals surface area contributed by atoms with Gasteiger partial charge in [0, 0.05) is 20.9 Å². The molecule has 1 rings (SSSR count). The lowest BCUT2D eigenvalue weighted by atomic mass is 10.0. The fraction of sp³-hybridized carbons (Fsp3) is 0.364. The lowest BCUT2D eigenvalue weighted by molar-refractivity contribution is 0.0989. The molecular weight excluding hydrogens is 355 g/mol. The van der Waals surface area contributed by atoms with Crippen LogP contribution in [0.5, 0.6) is 0 Å². The van der Waals surface area contributed by atoms with E-state index in [4.69, 9.17) is 0 Å². The minimum absolute atomic E-state index is 0.232. The molecule has 0 aliphatic heterocycles. The monoisotopic (exact) mass is 366 g/mol. The Morgan fingerprint density at radius 1 is 1.50 bits per heavy atom. The summed E-state index contributed by atoms with van der Waals surface area (Å²) in [6.45, 7) is 2.08. The summed E-state index contributed by atoms with van der Waals surface area (Å²) < 4.78 is 1.19. The van der Waals surface area contributed by atoms with E-state index in [9.17, 15) is 4.79 Å². The molecule has 0 aromatic heterocycles. The minimum Gasteiger partial charge on any atom is -0.294 e. The zero-order chi connectivity index (χ0) is 10.6. The second-order valence-electron chi connectivity index (χ2n) is 3.02. The van der Waals surface area contributed by atoms with Gasteiger partial charge in [-0.15, -0.1) is 0 Å². The van der Waals surface area contributed by atoms with Gasteiger partial charge < -0.3 is 0 Å². The molecule has 0 fully saturated rings. The van der Waals surface area contributed by atoms with Gasteiger partial charge in [-0.2, -0.15) is 0 Å². The van der Waals surface area contributed by atoms with Crippen molar-refractivity contribution >= 4 is 44.3 Å². The first-order valence-electron chi connectivity index (χ1n) is 4.56. The highest BCUT2D eigenvalue weighted by Crippen LogP contribution is 2.16. The molecule has 1 aromatic rings. The number of halogens is 2. The van der Waals surface area contributed by atoms with Gasteiger partial charge in [-0.05, 0) is 46.7 Å². The number of hydrogen-bond acceptors (Lipinski definition) is 1. The molecule has 0 aliphatic rings. The van der Waals surface area contributed by atoms with Gasteiger partial charge in [-0.1, -0.05) is 28.9 Å². The van der Waals surface area contributed by atoms with Gasteiger partial charge in [0.1, 0.15) is 0 Å². The Bertz CT molecular complexity index is 336. The van der Waals surface area contributed by atoms with Crippen LogP contribution in [0.1, 0.15) is 29.3 Å². The van der Waals surface area contributed by atoms with Crippen LogP contribution in [-0.4, -0.2) is 11.1 Å². The Labute approximate surface area is 107 Å². The Kier molecular flexibility index (Phi) is 5.09. The number of hydrogen-bond donors (Lipinski definition) is 0. The first-order chi connectivity index (χ1) is 6.69. The summed E-state index contributed by atoms with van der Waals surface area (Å²) in [6.07, 6.45) is 1.49. The highest BCUT2D eigenvalue weighted by atomic mass is 127. The highest BCUT2D eigenvalue weighted by Gasteiger charge is 2.09. The van der Waals surface area contributed by atoms with E-state index in [2.05, 4.69) is 51.5 Å². The first-order valence-corrected chi connectivity index (χ1v) is 6.76. The zero-order valence-electron chi connectivity index (χ0n) is 8.02. The molecule has 0 bridgehead atoms. The number of rotatable bonds is 4. The maximum absolute atomic E-state index is 11.7. The van der Waals surface area contributed by atoms with Crippen LogP contribution in [0.3, 0.4) is 0 Å². The summed E-state index contributed by atoms with van der Waals surface area (Å²) in [6, 6.07) is 6.01. The smallest absolute Gasteiger partial charge is 0.163 e. The molecule has 0 N–H and O–H groups in total. The molecule has 0 radical (unpaired) electrons. The van der Waals surface area contributed by atoms with Crippen LogP contribution in [0.2, 0.25) is 0 Å². The fourth-order valence-electron chi connectivity index (χ4n) is 1.35. The van der Waals surface area contributed by atoms with Crippen LogP contribution in [0.4, 0.5) is 0 Å². The Morgan fingerprint density at radius 2 is 2.21 bits per heavy atom. The van der Waals surface area contributed by atoms with E-state index in [0.29, 0.717) is 6.42 Å². The van der Waals surface area contributed by atoms with E-state index in [1.165, 1.54) is 3.57 Å². The van der Waals surface area contributed by atoms with Crippen molar-refractivity contribution in [3.63, 3.8) is 0 Å². The quantitative estimate of drug-likeness (QED) is 0.449. The standard InChI is InChI=1S/C11H12BrIO/c1-2-8-7-9(13)3-4-10(8)11(14)5-6-12/h3-4,7H,2,5-6H2,1H3. The fourth-order valence-corrected chi connectivity index (χ4v) is 2.26. The number of ketones is 1. The Morgan fingerprint density at radius 3 is 2.79 bits per heavy atom. The number of aryl methyl sites for hydroxylation is 1. The van der Waals surface area contributed by atoms with Gasteiger partial charge >= 0.3 is 0 Å². The number of carbonyl (C=O) groups is 1. The average molecular weight is 367 g/mol. The third kappa shape index (κ3) is 3.05. The molecule has 0 aliphatic carbocycles. The molecule has 0 saturated carbocycles. The van der Waals surface area contributed by atoms with E-state index in [-0.39, 0.29) is 5.78 Å².